The second kappa shape index (κ2) is 3.45. The Hall–Kier alpha value is -1.10. The van der Waals surface area contributed by atoms with Crippen LogP contribution in [0.15, 0.2) is 0 Å². The smallest absolute Gasteiger partial charge is 0.326 e. The third kappa shape index (κ3) is 1.80. The van der Waals surface area contributed by atoms with Crippen molar-refractivity contribution in [3.8, 4) is 0 Å². The molecule has 90 valence electrons. The van der Waals surface area contributed by atoms with E-state index in [2.05, 4.69) is 0 Å². The minimum Gasteiger partial charge on any atom is -0.480 e. The molecule has 5 nitrogen and oxygen atoms in total. The Bertz CT molecular complexity index is 339. The molecule has 1 saturated heterocycles. The highest BCUT2D eigenvalue weighted by Gasteiger charge is 2.54. The number of hydrogen-bond donors (Lipinski definition) is 2. The zero-order chi connectivity index (χ0) is 12.1. The first-order valence-corrected chi connectivity index (χ1v) is 5.54. The quantitative estimate of drug-likeness (QED) is 0.700. The molecule has 5 heteroatoms. The van der Waals surface area contributed by atoms with E-state index in [0.717, 1.165) is 6.42 Å². The van der Waals surface area contributed by atoms with Crippen LogP contribution in [0.3, 0.4) is 0 Å². The van der Waals surface area contributed by atoms with Crippen LogP contribution >= 0.6 is 0 Å². The lowest BCUT2D eigenvalue weighted by Crippen LogP contribution is -2.42. The Morgan fingerprint density at radius 1 is 1.38 bits per heavy atom. The summed E-state index contributed by atoms with van der Waals surface area (Å²) in [7, 11) is 0. The van der Waals surface area contributed by atoms with Crippen LogP contribution in [0.4, 0.5) is 0 Å². The van der Waals surface area contributed by atoms with Crippen LogP contribution in [0, 0.1) is 11.3 Å². The van der Waals surface area contributed by atoms with E-state index in [1.807, 2.05) is 13.8 Å². The fourth-order valence-electron chi connectivity index (χ4n) is 2.38. The second-order valence-electron chi connectivity index (χ2n) is 5.48. The molecule has 0 spiro atoms. The van der Waals surface area contributed by atoms with Gasteiger partial charge in [-0.15, -0.1) is 0 Å². The molecule has 0 aromatic carbocycles. The minimum atomic E-state index is -1.02. The Kier molecular flexibility index (Phi) is 2.45. The number of carboxylic acids is 1. The number of carbonyl (C=O) groups excluding carboxylic acids is 1. The van der Waals surface area contributed by atoms with Crippen LogP contribution in [-0.4, -0.2) is 45.7 Å². The number of amides is 1. The Balaban J connectivity index is 2.08. The van der Waals surface area contributed by atoms with Gasteiger partial charge in [-0.1, -0.05) is 13.8 Å². The highest BCUT2D eigenvalue weighted by Crippen LogP contribution is 2.52. The van der Waals surface area contributed by atoms with Gasteiger partial charge in [0.2, 0.25) is 5.91 Å². The average molecular weight is 227 g/mol. The number of β-amino-alcohol motifs (C(OH)–C–C–N with tert-alkyl or cyclic N) is 1. The maximum atomic E-state index is 12.0. The monoisotopic (exact) mass is 227 g/mol. The van der Waals surface area contributed by atoms with Crippen molar-refractivity contribution in [1.29, 1.82) is 0 Å². The highest BCUT2D eigenvalue weighted by atomic mass is 16.4. The summed E-state index contributed by atoms with van der Waals surface area (Å²) >= 11 is 0. The molecule has 0 radical (unpaired) electrons. The maximum absolute atomic E-state index is 12.0. The van der Waals surface area contributed by atoms with E-state index in [9.17, 15) is 14.7 Å². The van der Waals surface area contributed by atoms with Crippen LogP contribution in [0.25, 0.3) is 0 Å². The number of hydrogen-bond acceptors (Lipinski definition) is 3. The molecule has 2 aliphatic rings. The maximum Gasteiger partial charge on any atom is 0.326 e. The van der Waals surface area contributed by atoms with Gasteiger partial charge in [0.1, 0.15) is 6.04 Å². The fourth-order valence-corrected chi connectivity index (χ4v) is 2.38. The van der Waals surface area contributed by atoms with Crippen LogP contribution in [-0.2, 0) is 9.59 Å². The summed E-state index contributed by atoms with van der Waals surface area (Å²) in [6, 6.07) is -0.848. The van der Waals surface area contributed by atoms with E-state index in [1.165, 1.54) is 4.90 Å². The molecule has 1 heterocycles. The minimum absolute atomic E-state index is 0.00627. The summed E-state index contributed by atoms with van der Waals surface area (Å²) in [5.41, 5.74) is -0.00627. The number of aliphatic carboxylic acids is 1. The van der Waals surface area contributed by atoms with Gasteiger partial charge in [-0.05, 0) is 11.8 Å². The lowest BCUT2D eigenvalue weighted by Gasteiger charge is -2.21. The third-order valence-electron chi connectivity index (χ3n) is 3.66. The highest BCUT2D eigenvalue weighted by molar-refractivity contribution is 5.88. The number of carbonyl (C=O) groups is 2. The number of carboxylic acid groups (broad SMARTS) is 1. The zero-order valence-electron chi connectivity index (χ0n) is 9.51. The summed E-state index contributed by atoms with van der Waals surface area (Å²) in [6.45, 7) is 4.15. The molecule has 2 rings (SSSR count). The van der Waals surface area contributed by atoms with Crippen molar-refractivity contribution in [2.24, 2.45) is 11.3 Å². The topological polar surface area (TPSA) is 77.8 Å². The Labute approximate surface area is 94.0 Å². The molecule has 2 N–H and O–H groups in total. The van der Waals surface area contributed by atoms with Crippen LogP contribution < -0.4 is 0 Å². The second-order valence-corrected chi connectivity index (χ2v) is 5.48. The van der Waals surface area contributed by atoms with E-state index in [-0.39, 0.29) is 30.2 Å². The summed E-state index contributed by atoms with van der Waals surface area (Å²) in [4.78, 5) is 24.3. The average Bonchev–Trinajstić information content (AvgIpc) is 2.62. The molecular formula is C11H17NO4. The number of rotatable bonds is 2. The lowest BCUT2D eigenvalue weighted by molar-refractivity contribution is -0.149. The Morgan fingerprint density at radius 2 is 1.94 bits per heavy atom. The molecule has 1 aliphatic carbocycles. The Morgan fingerprint density at radius 3 is 2.38 bits per heavy atom. The molecule has 0 aromatic rings. The van der Waals surface area contributed by atoms with Gasteiger partial charge in [0.25, 0.3) is 0 Å². The molecular weight excluding hydrogens is 210 g/mol. The molecule has 1 saturated carbocycles. The van der Waals surface area contributed by atoms with Gasteiger partial charge < -0.3 is 15.1 Å². The standard InChI is InChI=1S/C11H17NO4/c1-11(2)4-7(11)9(14)12-5-6(13)3-8(12)10(15)16/h6-8,13H,3-5H2,1-2H3,(H,15,16)/t6-,7?,8-/m1/s1. The first-order valence-electron chi connectivity index (χ1n) is 5.54. The molecule has 2 fully saturated rings. The predicted octanol–water partition coefficient (Wildman–Crippen LogP) is 0.0789. The van der Waals surface area contributed by atoms with Crippen molar-refractivity contribution in [2.75, 3.05) is 6.54 Å². The summed E-state index contributed by atoms with van der Waals surface area (Å²) in [6.07, 6.45) is 0.255. The van der Waals surface area contributed by atoms with E-state index in [0.29, 0.717) is 0 Å². The van der Waals surface area contributed by atoms with Gasteiger partial charge in [-0.25, -0.2) is 4.79 Å². The summed E-state index contributed by atoms with van der Waals surface area (Å²) < 4.78 is 0. The van der Waals surface area contributed by atoms with Crippen molar-refractivity contribution in [3.63, 3.8) is 0 Å². The molecule has 16 heavy (non-hydrogen) atoms. The number of aliphatic hydroxyl groups excluding tert-OH is 1. The van der Waals surface area contributed by atoms with Crippen molar-refractivity contribution < 1.29 is 19.8 Å². The van der Waals surface area contributed by atoms with Gasteiger partial charge in [0, 0.05) is 18.9 Å². The molecule has 1 amide bonds. The molecule has 0 aromatic heterocycles. The first-order chi connectivity index (χ1) is 7.33. The van der Waals surface area contributed by atoms with Crippen LogP contribution in [0.5, 0.6) is 0 Å². The van der Waals surface area contributed by atoms with Crippen molar-refractivity contribution in [1.82, 2.24) is 4.90 Å². The number of likely N-dealkylation sites (tertiary alicyclic amines) is 1. The van der Waals surface area contributed by atoms with E-state index in [1.54, 1.807) is 0 Å². The van der Waals surface area contributed by atoms with Gasteiger partial charge >= 0.3 is 5.97 Å². The van der Waals surface area contributed by atoms with E-state index in [4.69, 9.17) is 5.11 Å². The van der Waals surface area contributed by atoms with Crippen molar-refractivity contribution >= 4 is 11.9 Å². The number of aliphatic hydroxyl groups is 1. The van der Waals surface area contributed by atoms with Gasteiger partial charge in [0.05, 0.1) is 6.10 Å². The van der Waals surface area contributed by atoms with Gasteiger partial charge in [0.15, 0.2) is 0 Å². The van der Waals surface area contributed by atoms with E-state index < -0.39 is 18.1 Å². The fraction of sp³-hybridized carbons (Fsp3) is 0.818. The van der Waals surface area contributed by atoms with Crippen molar-refractivity contribution in [3.05, 3.63) is 0 Å². The molecule has 1 unspecified atom stereocenters. The van der Waals surface area contributed by atoms with Crippen LogP contribution in [0.2, 0.25) is 0 Å². The molecule has 3 atom stereocenters. The normalized spacial score (nSPS) is 36.2. The van der Waals surface area contributed by atoms with Gasteiger partial charge in [-0.2, -0.15) is 0 Å². The SMILES string of the molecule is CC1(C)CC1C(=O)N1C[C@H](O)C[C@@H]1C(=O)O. The van der Waals surface area contributed by atoms with Crippen molar-refractivity contribution in [2.45, 2.75) is 38.8 Å². The third-order valence-corrected chi connectivity index (χ3v) is 3.66. The largest absolute Gasteiger partial charge is 0.480 e. The summed E-state index contributed by atoms with van der Waals surface area (Å²) in [5.74, 6) is -1.21. The van der Waals surface area contributed by atoms with Crippen LogP contribution in [0.1, 0.15) is 26.7 Å². The lowest BCUT2D eigenvalue weighted by atomic mass is 10.1. The molecule has 0 bridgehead atoms. The van der Waals surface area contributed by atoms with Gasteiger partial charge in [-0.3, -0.25) is 4.79 Å². The zero-order valence-corrected chi connectivity index (χ0v) is 9.51. The molecule has 1 aliphatic heterocycles. The first kappa shape index (κ1) is 11.4. The summed E-state index contributed by atoms with van der Waals surface area (Å²) in [5, 5.41) is 18.4. The predicted molar refractivity (Wildman–Crippen MR) is 55.6 cm³/mol. The van der Waals surface area contributed by atoms with E-state index >= 15 is 0 Å². The number of nitrogens with zero attached hydrogens (tertiary/aromatic N) is 1.